The van der Waals surface area contributed by atoms with E-state index in [9.17, 15) is 9.50 Å². The van der Waals surface area contributed by atoms with Crippen LogP contribution < -0.4 is 4.74 Å². The molecule has 0 saturated heterocycles. The topological polar surface area (TPSA) is 38.7 Å². The molecule has 0 heterocycles. The molecule has 0 bridgehead atoms. The summed E-state index contributed by atoms with van der Waals surface area (Å²) in [6, 6.07) is 6.21. The summed E-state index contributed by atoms with van der Waals surface area (Å²) in [6.45, 7) is 0. The summed E-state index contributed by atoms with van der Waals surface area (Å²) >= 11 is 0. The van der Waals surface area contributed by atoms with Crippen LogP contribution in [0.1, 0.15) is 6.42 Å². The molecule has 82 valence electrons. The summed E-state index contributed by atoms with van der Waals surface area (Å²) in [7, 11) is 1.50. The minimum atomic E-state index is -0.508. The molecule has 1 fully saturated rings. The van der Waals surface area contributed by atoms with Gasteiger partial charge in [-0.25, -0.2) is 4.39 Å². The van der Waals surface area contributed by atoms with Crippen LogP contribution in [0.25, 0.3) is 0 Å². The maximum absolute atomic E-state index is 13.2. The van der Waals surface area contributed by atoms with E-state index < -0.39 is 11.9 Å². The normalized spacial score (nSPS) is 29.7. The smallest absolute Gasteiger partial charge is 0.165 e. The van der Waals surface area contributed by atoms with Gasteiger partial charge in [-0.1, -0.05) is 12.1 Å². The van der Waals surface area contributed by atoms with E-state index in [1.165, 1.54) is 13.2 Å². The molecule has 4 heteroatoms. The Morgan fingerprint density at radius 2 is 2.13 bits per heavy atom. The fourth-order valence-corrected chi connectivity index (χ4v) is 1.69. The third-order valence-corrected chi connectivity index (χ3v) is 2.61. The molecular formula is C11H13FO3. The molecule has 1 aromatic carbocycles. The number of halogens is 1. The molecule has 1 N–H and O–H groups in total. The first-order chi connectivity index (χ1) is 7.22. The molecule has 1 aliphatic carbocycles. The molecule has 2 rings (SSSR count). The summed E-state index contributed by atoms with van der Waals surface area (Å²) in [4.78, 5) is 0. The van der Waals surface area contributed by atoms with E-state index in [4.69, 9.17) is 9.47 Å². The predicted molar refractivity (Wildman–Crippen MR) is 52.2 cm³/mol. The summed E-state index contributed by atoms with van der Waals surface area (Å²) < 4.78 is 23.6. The maximum atomic E-state index is 13.2. The zero-order chi connectivity index (χ0) is 10.8. The molecule has 1 aliphatic rings. The van der Waals surface area contributed by atoms with E-state index in [-0.39, 0.29) is 18.0 Å². The Morgan fingerprint density at radius 1 is 1.40 bits per heavy atom. The highest BCUT2D eigenvalue weighted by Crippen LogP contribution is 2.29. The average molecular weight is 212 g/mol. The lowest BCUT2D eigenvalue weighted by Gasteiger charge is -2.39. The van der Waals surface area contributed by atoms with Crippen LogP contribution in [0.4, 0.5) is 4.39 Å². The number of hydrogen-bond donors (Lipinski definition) is 1. The van der Waals surface area contributed by atoms with E-state index in [1.54, 1.807) is 18.2 Å². The number of para-hydroxylation sites is 1. The fraction of sp³-hybridized carbons (Fsp3) is 0.455. The van der Waals surface area contributed by atoms with Gasteiger partial charge in [0.15, 0.2) is 11.6 Å². The van der Waals surface area contributed by atoms with Crippen molar-refractivity contribution in [3.63, 3.8) is 0 Å². The second-order valence-corrected chi connectivity index (χ2v) is 3.59. The van der Waals surface area contributed by atoms with E-state index >= 15 is 0 Å². The lowest BCUT2D eigenvalue weighted by Crippen LogP contribution is -2.54. The molecule has 0 amide bonds. The fourth-order valence-electron chi connectivity index (χ4n) is 1.69. The van der Waals surface area contributed by atoms with Gasteiger partial charge in [0.05, 0.1) is 6.10 Å². The van der Waals surface area contributed by atoms with Crippen molar-refractivity contribution in [3.8, 4) is 5.75 Å². The van der Waals surface area contributed by atoms with Crippen molar-refractivity contribution < 1.29 is 19.0 Å². The molecule has 1 aromatic rings. The van der Waals surface area contributed by atoms with E-state index in [2.05, 4.69) is 0 Å². The number of hydrogen-bond acceptors (Lipinski definition) is 3. The van der Waals surface area contributed by atoms with Crippen molar-refractivity contribution in [2.45, 2.75) is 24.7 Å². The highest BCUT2D eigenvalue weighted by Gasteiger charge is 2.42. The molecule has 3 nitrogen and oxygen atoms in total. The zero-order valence-corrected chi connectivity index (χ0v) is 8.39. The van der Waals surface area contributed by atoms with Crippen LogP contribution in [0.5, 0.6) is 5.75 Å². The Balaban J connectivity index is 2.01. The Morgan fingerprint density at radius 3 is 2.73 bits per heavy atom. The Hall–Kier alpha value is -1.13. The van der Waals surface area contributed by atoms with Crippen molar-refractivity contribution in [1.29, 1.82) is 0 Å². The Labute approximate surface area is 87.4 Å². The van der Waals surface area contributed by atoms with Crippen LogP contribution in [0, 0.1) is 5.82 Å². The highest BCUT2D eigenvalue weighted by molar-refractivity contribution is 5.24. The van der Waals surface area contributed by atoms with Gasteiger partial charge in [-0.05, 0) is 12.1 Å². The highest BCUT2D eigenvalue weighted by atomic mass is 19.1. The molecule has 0 aromatic heterocycles. The Bertz CT molecular complexity index is 342. The number of benzene rings is 1. The number of ether oxygens (including phenoxy) is 2. The van der Waals surface area contributed by atoms with Crippen LogP contribution >= 0.6 is 0 Å². The van der Waals surface area contributed by atoms with Crippen molar-refractivity contribution in [2.75, 3.05) is 7.11 Å². The van der Waals surface area contributed by atoms with E-state index in [1.807, 2.05) is 0 Å². The SMILES string of the molecule is COC1C(O)CC1Oc1ccccc1F. The van der Waals surface area contributed by atoms with Crippen molar-refractivity contribution in [2.24, 2.45) is 0 Å². The predicted octanol–water partition coefficient (Wildman–Crippen LogP) is 1.35. The summed E-state index contributed by atoms with van der Waals surface area (Å²) in [6.07, 6.45) is -0.648. The third-order valence-electron chi connectivity index (χ3n) is 2.61. The van der Waals surface area contributed by atoms with Crippen LogP contribution in [0.2, 0.25) is 0 Å². The first kappa shape index (κ1) is 10.4. The molecular weight excluding hydrogens is 199 g/mol. The molecule has 0 radical (unpaired) electrons. The standard InChI is InChI=1S/C11H13FO3/c1-14-11-8(13)6-10(11)15-9-5-3-2-4-7(9)12/h2-5,8,10-11,13H,6H2,1H3. The monoisotopic (exact) mass is 212 g/mol. The minimum absolute atomic E-state index is 0.205. The first-order valence-corrected chi connectivity index (χ1v) is 4.84. The maximum Gasteiger partial charge on any atom is 0.165 e. The third kappa shape index (κ3) is 1.96. The van der Waals surface area contributed by atoms with Gasteiger partial charge >= 0.3 is 0 Å². The molecule has 0 aliphatic heterocycles. The molecule has 1 saturated carbocycles. The zero-order valence-electron chi connectivity index (χ0n) is 8.39. The first-order valence-electron chi connectivity index (χ1n) is 4.84. The summed E-state index contributed by atoms with van der Waals surface area (Å²) in [5, 5.41) is 9.33. The Kier molecular flexibility index (Phi) is 2.88. The van der Waals surface area contributed by atoms with Crippen molar-refractivity contribution in [1.82, 2.24) is 0 Å². The van der Waals surface area contributed by atoms with E-state index in [0.717, 1.165) is 0 Å². The van der Waals surface area contributed by atoms with Gasteiger partial charge in [0.25, 0.3) is 0 Å². The molecule has 3 unspecified atom stereocenters. The average Bonchev–Trinajstić information content (AvgIpc) is 2.20. The molecule has 3 atom stereocenters. The second-order valence-electron chi connectivity index (χ2n) is 3.59. The van der Waals surface area contributed by atoms with Gasteiger partial charge in [0.2, 0.25) is 0 Å². The van der Waals surface area contributed by atoms with Crippen LogP contribution in [-0.2, 0) is 4.74 Å². The second kappa shape index (κ2) is 4.16. The number of aliphatic hydroxyl groups is 1. The number of methoxy groups -OCH3 is 1. The summed E-state index contributed by atoms with van der Waals surface area (Å²) in [5.41, 5.74) is 0. The van der Waals surface area contributed by atoms with Gasteiger partial charge in [-0.3, -0.25) is 0 Å². The molecule has 0 spiro atoms. The van der Waals surface area contributed by atoms with Gasteiger partial charge in [-0.2, -0.15) is 0 Å². The van der Waals surface area contributed by atoms with Crippen LogP contribution in [0.3, 0.4) is 0 Å². The lowest BCUT2D eigenvalue weighted by atomic mass is 9.88. The quantitative estimate of drug-likeness (QED) is 0.822. The minimum Gasteiger partial charge on any atom is -0.484 e. The number of rotatable bonds is 3. The van der Waals surface area contributed by atoms with Crippen LogP contribution in [-0.4, -0.2) is 30.5 Å². The summed E-state index contributed by atoms with van der Waals surface area (Å²) in [5.74, 6) is -0.190. The van der Waals surface area contributed by atoms with E-state index in [0.29, 0.717) is 6.42 Å². The number of aliphatic hydroxyl groups excluding tert-OH is 1. The van der Waals surface area contributed by atoms with Gasteiger partial charge < -0.3 is 14.6 Å². The van der Waals surface area contributed by atoms with Crippen molar-refractivity contribution in [3.05, 3.63) is 30.1 Å². The van der Waals surface area contributed by atoms with Gasteiger partial charge in [-0.15, -0.1) is 0 Å². The van der Waals surface area contributed by atoms with Gasteiger partial charge in [0.1, 0.15) is 12.2 Å². The van der Waals surface area contributed by atoms with Crippen LogP contribution in [0.15, 0.2) is 24.3 Å². The lowest BCUT2D eigenvalue weighted by molar-refractivity contribution is -0.149. The molecule has 15 heavy (non-hydrogen) atoms. The largest absolute Gasteiger partial charge is 0.484 e. The van der Waals surface area contributed by atoms with Gasteiger partial charge in [0, 0.05) is 13.5 Å². The van der Waals surface area contributed by atoms with Crippen molar-refractivity contribution >= 4 is 0 Å².